The van der Waals surface area contributed by atoms with Crippen molar-refractivity contribution < 1.29 is 30.0 Å². The van der Waals surface area contributed by atoms with Crippen LogP contribution in [0.5, 0.6) is 0 Å². The maximum atomic E-state index is 11.7. The van der Waals surface area contributed by atoms with E-state index in [0.29, 0.717) is 27.8 Å². The Morgan fingerprint density at radius 1 is 1.02 bits per heavy atom. The van der Waals surface area contributed by atoms with E-state index in [4.69, 9.17) is 6.57 Å². The van der Waals surface area contributed by atoms with Crippen LogP contribution in [-0.4, -0.2) is 20.9 Å². The van der Waals surface area contributed by atoms with Gasteiger partial charge in [-0.25, -0.2) is 9.83 Å². The van der Waals surface area contributed by atoms with Crippen LogP contribution in [0.25, 0.3) is 37.8 Å². The van der Waals surface area contributed by atoms with Crippen molar-refractivity contribution in [1.82, 2.24) is 9.97 Å². The van der Waals surface area contributed by atoms with Crippen LogP contribution in [0.3, 0.4) is 0 Å². The second-order valence-corrected chi connectivity index (χ2v) is 11.7. The number of aliphatic hydroxyl groups is 1. The predicted molar refractivity (Wildman–Crippen MR) is 175 cm³/mol. The van der Waals surface area contributed by atoms with Crippen molar-refractivity contribution in [3.8, 4) is 17.3 Å². The molecule has 7 heteroatoms. The average Bonchev–Trinajstić information content (AvgIpc) is 3.00. The second-order valence-electron chi connectivity index (χ2n) is 11.7. The number of ketones is 1. The van der Waals surface area contributed by atoms with Gasteiger partial charge >= 0.3 is 0 Å². The summed E-state index contributed by atoms with van der Waals surface area (Å²) in [6.45, 7) is 22.0. The number of rotatable bonds is 8. The molecule has 0 saturated carbocycles. The van der Waals surface area contributed by atoms with Gasteiger partial charge in [-0.2, -0.15) is 5.26 Å². The molecule has 0 spiro atoms. The summed E-state index contributed by atoms with van der Waals surface area (Å²) in [5, 5.41) is 22.1. The minimum Gasteiger partial charge on any atom is -0.512 e. The van der Waals surface area contributed by atoms with Gasteiger partial charge in [0.25, 0.3) is 0 Å². The van der Waals surface area contributed by atoms with Crippen LogP contribution in [0.1, 0.15) is 85.3 Å². The summed E-state index contributed by atoms with van der Waals surface area (Å²) in [4.78, 5) is 24.0. The van der Waals surface area contributed by atoms with Gasteiger partial charge in [-0.05, 0) is 42.6 Å². The molecule has 0 bridgehead atoms. The molecular weight excluding hydrogens is 725 g/mol. The minimum absolute atomic E-state index is 0. The Kier molecular flexibility index (Phi) is 13.4. The van der Waals surface area contributed by atoms with Gasteiger partial charge in [0.15, 0.2) is 11.5 Å². The maximum Gasteiger partial charge on any atom is 0.188 e. The number of aromatic nitrogens is 2. The Morgan fingerprint density at radius 2 is 1.66 bits per heavy atom. The van der Waals surface area contributed by atoms with E-state index in [1.807, 2.05) is 45.9 Å². The van der Waals surface area contributed by atoms with E-state index in [0.717, 1.165) is 42.0 Å². The SMILES string of the molecule is CCC(CC)C(=O)/C=C(\O)C(CC)CC.[C-]#[N+]c1cc(C#N)c2ncnc(-c3[c-]c4ccccc4c(C(C)(C)C)c3)c2c1.[Ir]. The van der Waals surface area contributed by atoms with E-state index >= 15 is 0 Å². The molecule has 4 rings (SSSR count). The van der Waals surface area contributed by atoms with E-state index in [9.17, 15) is 15.2 Å². The molecular formula is C37H41IrN4O2-. The fraction of sp³-hybridized carbons (Fsp3) is 0.378. The Labute approximate surface area is 275 Å². The number of hydrogen-bond donors (Lipinski definition) is 1. The first-order valence-electron chi connectivity index (χ1n) is 15.0. The Balaban J connectivity index is 0.000000363. The van der Waals surface area contributed by atoms with Crippen LogP contribution in [0.15, 0.2) is 60.6 Å². The molecule has 1 radical (unpaired) electrons. The number of fused-ring (bicyclic) bond motifs is 2. The zero-order valence-electron chi connectivity index (χ0n) is 26.7. The molecule has 3 aromatic carbocycles. The molecule has 6 nitrogen and oxygen atoms in total. The van der Waals surface area contributed by atoms with E-state index in [2.05, 4.69) is 59.9 Å². The van der Waals surface area contributed by atoms with Crippen LogP contribution in [-0.2, 0) is 30.3 Å². The molecule has 0 saturated heterocycles. The summed E-state index contributed by atoms with van der Waals surface area (Å²) >= 11 is 0. The van der Waals surface area contributed by atoms with E-state index < -0.39 is 0 Å². The maximum absolute atomic E-state index is 11.7. The zero-order chi connectivity index (χ0) is 31.7. The van der Waals surface area contributed by atoms with Gasteiger partial charge in [0, 0.05) is 43.7 Å². The summed E-state index contributed by atoms with van der Waals surface area (Å²) in [6.07, 6.45) is 6.37. The first-order chi connectivity index (χ1) is 20.5. The number of benzene rings is 3. The van der Waals surface area contributed by atoms with Crippen molar-refractivity contribution in [2.24, 2.45) is 11.8 Å². The number of nitrogens with zero attached hydrogens (tertiary/aromatic N) is 4. The van der Waals surface area contributed by atoms with Crippen molar-refractivity contribution in [2.75, 3.05) is 0 Å². The van der Waals surface area contributed by atoms with E-state index in [-0.39, 0.29) is 48.9 Å². The largest absolute Gasteiger partial charge is 0.512 e. The smallest absolute Gasteiger partial charge is 0.188 e. The van der Waals surface area contributed by atoms with Crippen LogP contribution >= 0.6 is 0 Å². The quantitative estimate of drug-likeness (QED) is 0.110. The molecule has 1 heterocycles. The number of hydrogen-bond acceptors (Lipinski definition) is 5. The number of aliphatic hydroxyl groups excluding tert-OH is 1. The molecule has 44 heavy (non-hydrogen) atoms. The van der Waals surface area contributed by atoms with Crippen LogP contribution in [0.2, 0.25) is 0 Å². The Morgan fingerprint density at radius 3 is 2.23 bits per heavy atom. The molecule has 0 aliphatic heterocycles. The van der Waals surface area contributed by atoms with E-state index in [1.165, 1.54) is 18.0 Å². The van der Waals surface area contributed by atoms with Gasteiger partial charge < -0.3 is 5.11 Å². The Hall–Kier alpha value is -3.90. The van der Waals surface area contributed by atoms with Gasteiger partial charge in [0.05, 0.1) is 23.4 Å². The minimum atomic E-state index is -0.0637. The molecule has 0 aliphatic rings. The van der Waals surface area contributed by atoms with Crippen molar-refractivity contribution >= 4 is 33.1 Å². The molecule has 1 N–H and O–H groups in total. The topological polar surface area (TPSA) is 91.2 Å². The van der Waals surface area contributed by atoms with Gasteiger partial charge in [-0.3, -0.25) is 9.78 Å². The van der Waals surface area contributed by atoms with E-state index in [1.54, 1.807) is 12.1 Å². The van der Waals surface area contributed by atoms with Crippen LogP contribution < -0.4 is 0 Å². The molecule has 0 aliphatic carbocycles. The molecule has 0 fully saturated rings. The average molecular weight is 766 g/mol. The zero-order valence-corrected chi connectivity index (χ0v) is 29.1. The molecule has 0 unspecified atom stereocenters. The molecule has 231 valence electrons. The monoisotopic (exact) mass is 766 g/mol. The second kappa shape index (κ2) is 16.2. The standard InChI is InChI=1S/C24H17N4.C13H24O2.Ir/c1-24(2,3)21-11-16(9-15-7-5-6-8-19(15)21)22-20-12-18(26-4)10-17(13-25)23(20)28-14-27-22;1-5-10(6-2)12(14)9-13(15)11(7-3)8-4;/h5-8,10-12,14H,1-3H3;9-11,14H,5-8H2,1-4H3;/q-1;;/b;12-9-;. The molecule has 0 amide bonds. The van der Waals surface area contributed by atoms with Crippen LogP contribution in [0.4, 0.5) is 5.69 Å². The van der Waals surface area contributed by atoms with Crippen LogP contribution in [0, 0.1) is 35.8 Å². The number of carbonyl (C=O) groups excluding carboxylic acids is 1. The van der Waals surface area contributed by atoms with Gasteiger partial charge in [-0.15, -0.1) is 29.1 Å². The first kappa shape index (κ1) is 36.3. The fourth-order valence-corrected chi connectivity index (χ4v) is 5.27. The third-order valence-corrected chi connectivity index (χ3v) is 7.89. The third-order valence-electron chi connectivity index (χ3n) is 7.89. The Bertz CT molecular complexity index is 1720. The van der Waals surface area contributed by atoms with Gasteiger partial charge in [0.1, 0.15) is 12.4 Å². The summed E-state index contributed by atoms with van der Waals surface area (Å²) in [6, 6.07) is 19.2. The third kappa shape index (κ3) is 8.38. The summed E-state index contributed by atoms with van der Waals surface area (Å²) in [5.41, 5.74) is 3.99. The summed E-state index contributed by atoms with van der Waals surface area (Å²) in [7, 11) is 0. The number of nitriles is 1. The van der Waals surface area contributed by atoms with Crippen molar-refractivity contribution in [2.45, 2.75) is 79.6 Å². The normalized spacial score (nSPS) is 11.5. The predicted octanol–water partition coefficient (Wildman–Crippen LogP) is 9.84. The van der Waals surface area contributed by atoms with Gasteiger partial charge in [-0.1, -0.05) is 83.7 Å². The molecule has 1 aromatic heterocycles. The van der Waals surface area contributed by atoms with Crippen molar-refractivity contribution in [3.63, 3.8) is 0 Å². The summed E-state index contributed by atoms with van der Waals surface area (Å²) < 4.78 is 0. The molecule has 4 aromatic rings. The van der Waals surface area contributed by atoms with Gasteiger partial charge in [0.2, 0.25) is 0 Å². The number of carbonyl (C=O) groups is 1. The fourth-order valence-electron chi connectivity index (χ4n) is 5.27. The van der Waals surface area contributed by atoms with Crippen molar-refractivity contribution in [3.05, 3.63) is 89.2 Å². The summed E-state index contributed by atoms with van der Waals surface area (Å²) in [5.74, 6) is 0.547. The molecule has 0 atom stereocenters. The first-order valence-corrected chi connectivity index (χ1v) is 15.0. The number of allylic oxidation sites excluding steroid dienone is 2. The van der Waals surface area contributed by atoms with Crippen molar-refractivity contribution in [1.29, 1.82) is 5.26 Å².